The lowest BCUT2D eigenvalue weighted by Crippen LogP contribution is -2.29. The quantitative estimate of drug-likeness (QED) is 0.635. The molecule has 1 aliphatic heterocycles. The summed E-state index contributed by atoms with van der Waals surface area (Å²) in [6, 6.07) is 9.58. The lowest BCUT2D eigenvalue weighted by molar-refractivity contribution is -0.140. The molecule has 0 saturated carbocycles. The zero-order chi connectivity index (χ0) is 18.4. The number of nitrogens with zero attached hydrogens (tertiary/aromatic N) is 1. The Hall–Kier alpha value is -2.58. The Balaban J connectivity index is 2.48. The van der Waals surface area contributed by atoms with Gasteiger partial charge in [0.15, 0.2) is 0 Å². The Morgan fingerprint density at radius 1 is 1.28 bits per heavy atom. The highest BCUT2D eigenvalue weighted by molar-refractivity contribution is 5.92. The van der Waals surface area contributed by atoms with Crippen LogP contribution in [0.15, 0.2) is 46.8 Å². The number of esters is 1. The molecule has 1 aromatic carbocycles. The van der Waals surface area contributed by atoms with Crippen molar-refractivity contribution < 1.29 is 14.3 Å². The number of benzene rings is 1. The number of ether oxygens (including phenoxy) is 2. The minimum Gasteiger partial charge on any atom is -0.460 e. The number of hydrogen-bond donors (Lipinski definition) is 1. The van der Waals surface area contributed by atoms with E-state index in [1.807, 2.05) is 32.0 Å². The SMILES string of the molecule is CCC1=C(C)NC(C)=C(C(=O)OCCOC)C1c1cccc(C#N)c1. The third-order valence-corrected chi connectivity index (χ3v) is 4.37. The number of hydrogen-bond acceptors (Lipinski definition) is 5. The molecule has 0 aromatic heterocycles. The van der Waals surface area contributed by atoms with E-state index in [2.05, 4.69) is 18.3 Å². The third kappa shape index (κ3) is 4.09. The molecule has 1 N–H and O–H groups in total. The van der Waals surface area contributed by atoms with Crippen molar-refractivity contribution >= 4 is 5.97 Å². The normalized spacial score (nSPS) is 17.2. The molecule has 1 atom stereocenters. The average Bonchev–Trinajstić information content (AvgIpc) is 2.61. The second-order valence-electron chi connectivity index (χ2n) is 5.97. The fourth-order valence-electron chi connectivity index (χ4n) is 3.23. The van der Waals surface area contributed by atoms with E-state index >= 15 is 0 Å². The van der Waals surface area contributed by atoms with Gasteiger partial charge in [-0.25, -0.2) is 4.79 Å². The second-order valence-corrected chi connectivity index (χ2v) is 5.97. The fraction of sp³-hybridized carbons (Fsp3) is 0.400. The Bertz CT molecular complexity index is 756. The first-order valence-corrected chi connectivity index (χ1v) is 8.37. The van der Waals surface area contributed by atoms with E-state index in [0.717, 1.165) is 29.0 Å². The van der Waals surface area contributed by atoms with Crippen molar-refractivity contribution in [3.63, 3.8) is 0 Å². The summed E-state index contributed by atoms with van der Waals surface area (Å²) in [5.41, 5.74) is 5.04. The van der Waals surface area contributed by atoms with Crippen LogP contribution in [-0.2, 0) is 14.3 Å². The maximum Gasteiger partial charge on any atom is 0.336 e. The summed E-state index contributed by atoms with van der Waals surface area (Å²) in [6.07, 6.45) is 0.794. The van der Waals surface area contributed by atoms with Gasteiger partial charge in [0, 0.05) is 24.4 Å². The minimum atomic E-state index is -0.354. The summed E-state index contributed by atoms with van der Waals surface area (Å²) >= 11 is 0. The van der Waals surface area contributed by atoms with Crippen molar-refractivity contribution in [3.05, 3.63) is 57.9 Å². The van der Waals surface area contributed by atoms with E-state index in [1.54, 1.807) is 13.2 Å². The molecule has 0 radical (unpaired) electrons. The highest BCUT2D eigenvalue weighted by Crippen LogP contribution is 2.40. The van der Waals surface area contributed by atoms with Gasteiger partial charge in [0.2, 0.25) is 0 Å². The van der Waals surface area contributed by atoms with Gasteiger partial charge in [-0.1, -0.05) is 19.1 Å². The Morgan fingerprint density at radius 3 is 2.68 bits per heavy atom. The van der Waals surface area contributed by atoms with E-state index in [0.29, 0.717) is 17.7 Å². The number of nitriles is 1. The van der Waals surface area contributed by atoms with Crippen LogP contribution in [0.2, 0.25) is 0 Å². The minimum absolute atomic E-state index is 0.210. The molecule has 0 amide bonds. The summed E-state index contributed by atoms with van der Waals surface area (Å²) in [4.78, 5) is 12.7. The standard InChI is InChI=1S/C20H24N2O3/c1-5-17-13(2)22-14(3)18(20(23)25-10-9-24-4)19(17)16-8-6-7-15(11-16)12-21/h6-8,11,19,22H,5,9-10H2,1-4H3. The smallest absolute Gasteiger partial charge is 0.336 e. The van der Waals surface area contributed by atoms with Gasteiger partial charge in [0.05, 0.1) is 23.8 Å². The molecule has 1 aromatic rings. The van der Waals surface area contributed by atoms with Crippen molar-refractivity contribution in [2.75, 3.05) is 20.3 Å². The molecule has 0 spiro atoms. The topological polar surface area (TPSA) is 71.3 Å². The number of nitrogens with one attached hydrogen (secondary N) is 1. The molecule has 2 rings (SSSR count). The Morgan fingerprint density at radius 2 is 2.04 bits per heavy atom. The maximum atomic E-state index is 12.7. The molecule has 0 bridgehead atoms. The Kier molecular flexibility index (Phi) is 6.37. The first-order valence-electron chi connectivity index (χ1n) is 8.37. The lowest BCUT2D eigenvalue weighted by atomic mass is 9.79. The van der Waals surface area contributed by atoms with Crippen molar-refractivity contribution in [3.8, 4) is 6.07 Å². The summed E-state index contributed by atoms with van der Waals surface area (Å²) in [7, 11) is 1.57. The van der Waals surface area contributed by atoms with Gasteiger partial charge in [-0.2, -0.15) is 5.26 Å². The van der Waals surface area contributed by atoms with E-state index in [4.69, 9.17) is 9.47 Å². The molecule has 0 saturated heterocycles. The third-order valence-electron chi connectivity index (χ3n) is 4.37. The van der Waals surface area contributed by atoms with E-state index < -0.39 is 0 Å². The van der Waals surface area contributed by atoms with Gasteiger partial charge in [-0.3, -0.25) is 0 Å². The molecule has 132 valence electrons. The molecule has 1 heterocycles. The number of allylic oxidation sites excluding steroid dienone is 3. The number of dihydropyridines is 1. The van der Waals surface area contributed by atoms with Gasteiger partial charge in [0.25, 0.3) is 0 Å². The van der Waals surface area contributed by atoms with Crippen molar-refractivity contribution in [1.82, 2.24) is 5.32 Å². The number of rotatable bonds is 6. The van der Waals surface area contributed by atoms with Crippen LogP contribution in [0.25, 0.3) is 0 Å². The second kappa shape index (κ2) is 8.50. The zero-order valence-corrected chi connectivity index (χ0v) is 15.2. The lowest BCUT2D eigenvalue weighted by Gasteiger charge is -2.31. The van der Waals surface area contributed by atoms with Gasteiger partial charge in [-0.05, 0) is 43.5 Å². The van der Waals surface area contributed by atoms with Gasteiger partial charge in [0.1, 0.15) is 6.61 Å². The van der Waals surface area contributed by atoms with Crippen LogP contribution in [0.5, 0.6) is 0 Å². The summed E-state index contributed by atoms with van der Waals surface area (Å²) < 4.78 is 10.3. The zero-order valence-electron chi connectivity index (χ0n) is 15.2. The number of methoxy groups -OCH3 is 1. The van der Waals surface area contributed by atoms with Gasteiger partial charge >= 0.3 is 5.97 Å². The van der Waals surface area contributed by atoms with E-state index in [1.165, 1.54) is 0 Å². The molecular weight excluding hydrogens is 316 g/mol. The van der Waals surface area contributed by atoms with Crippen LogP contribution in [0.3, 0.4) is 0 Å². The number of carbonyl (C=O) groups is 1. The maximum absolute atomic E-state index is 12.7. The Labute approximate surface area is 148 Å². The summed E-state index contributed by atoms with van der Waals surface area (Å²) in [6.45, 7) is 6.52. The van der Waals surface area contributed by atoms with E-state index in [9.17, 15) is 10.1 Å². The monoisotopic (exact) mass is 340 g/mol. The van der Waals surface area contributed by atoms with Crippen LogP contribution in [0.1, 0.15) is 44.2 Å². The van der Waals surface area contributed by atoms with Crippen molar-refractivity contribution in [1.29, 1.82) is 5.26 Å². The molecule has 5 heteroatoms. The van der Waals surface area contributed by atoms with Crippen molar-refractivity contribution in [2.45, 2.75) is 33.1 Å². The molecular formula is C20H24N2O3. The fourth-order valence-corrected chi connectivity index (χ4v) is 3.23. The van der Waals surface area contributed by atoms with Crippen LogP contribution < -0.4 is 5.32 Å². The first kappa shape index (κ1) is 18.8. The molecule has 5 nitrogen and oxygen atoms in total. The molecule has 0 aliphatic carbocycles. The average molecular weight is 340 g/mol. The van der Waals surface area contributed by atoms with Crippen molar-refractivity contribution in [2.24, 2.45) is 0 Å². The molecule has 0 fully saturated rings. The van der Waals surface area contributed by atoms with Crippen LogP contribution in [0, 0.1) is 11.3 Å². The predicted octanol–water partition coefficient (Wildman–Crippen LogP) is 3.39. The van der Waals surface area contributed by atoms with Gasteiger partial charge in [-0.15, -0.1) is 0 Å². The predicted molar refractivity (Wildman–Crippen MR) is 95.6 cm³/mol. The highest BCUT2D eigenvalue weighted by Gasteiger charge is 2.33. The number of carbonyl (C=O) groups excluding carboxylic acids is 1. The van der Waals surface area contributed by atoms with Gasteiger partial charge < -0.3 is 14.8 Å². The largest absolute Gasteiger partial charge is 0.460 e. The van der Waals surface area contributed by atoms with Crippen LogP contribution in [0.4, 0.5) is 0 Å². The summed E-state index contributed by atoms with van der Waals surface area (Å²) in [5, 5.41) is 12.5. The summed E-state index contributed by atoms with van der Waals surface area (Å²) in [5.74, 6) is -0.567. The highest BCUT2D eigenvalue weighted by atomic mass is 16.6. The first-order chi connectivity index (χ1) is 12.0. The van der Waals surface area contributed by atoms with E-state index in [-0.39, 0.29) is 18.5 Å². The molecule has 25 heavy (non-hydrogen) atoms. The molecule has 1 aliphatic rings. The molecule has 1 unspecified atom stereocenters. The van der Waals surface area contributed by atoms with Crippen LogP contribution >= 0.6 is 0 Å². The van der Waals surface area contributed by atoms with Crippen LogP contribution in [-0.4, -0.2) is 26.3 Å².